The molecule has 0 bridgehead atoms. The van der Waals surface area contributed by atoms with Gasteiger partial charge in [-0.25, -0.2) is 9.18 Å². The van der Waals surface area contributed by atoms with Gasteiger partial charge in [-0.05, 0) is 35.7 Å². The predicted octanol–water partition coefficient (Wildman–Crippen LogP) is 2.41. The Bertz CT molecular complexity index is 845. The Hall–Kier alpha value is -2.97. The summed E-state index contributed by atoms with van der Waals surface area (Å²) in [7, 11) is 0. The van der Waals surface area contributed by atoms with Crippen LogP contribution in [0.3, 0.4) is 0 Å². The van der Waals surface area contributed by atoms with E-state index in [-0.39, 0.29) is 12.2 Å². The Kier molecular flexibility index (Phi) is 6.35. The molecule has 0 saturated heterocycles. The molecule has 0 aliphatic carbocycles. The van der Waals surface area contributed by atoms with Crippen LogP contribution in [0.1, 0.15) is 10.6 Å². The number of rotatable bonds is 7. The van der Waals surface area contributed by atoms with Gasteiger partial charge in [0.25, 0.3) is 5.91 Å². The highest BCUT2D eigenvalue weighted by Gasteiger charge is 2.19. The molecule has 6 nitrogen and oxygen atoms in total. The average Bonchev–Trinajstić information content (AvgIpc) is 3.31. The van der Waals surface area contributed by atoms with Crippen molar-refractivity contribution in [2.24, 2.45) is 0 Å². The van der Waals surface area contributed by atoms with Crippen LogP contribution in [-0.4, -0.2) is 18.5 Å². The molecule has 3 rings (SSSR count). The number of halogens is 1. The molecule has 0 fully saturated rings. The van der Waals surface area contributed by atoms with E-state index in [0.29, 0.717) is 13.1 Å². The number of anilines is 1. The van der Waals surface area contributed by atoms with Crippen LogP contribution < -0.4 is 15.5 Å². The maximum absolute atomic E-state index is 13.6. The Morgan fingerprint density at radius 3 is 2.63 bits per heavy atom. The Labute approximate surface area is 159 Å². The number of benzene rings is 1. The van der Waals surface area contributed by atoms with Gasteiger partial charge in [0.15, 0.2) is 12.3 Å². The number of hydrogen-bond acceptors (Lipinski definition) is 4. The first-order chi connectivity index (χ1) is 13.1. The van der Waals surface area contributed by atoms with E-state index in [1.807, 2.05) is 23.6 Å². The van der Waals surface area contributed by atoms with Crippen molar-refractivity contribution in [3.8, 4) is 0 Å². The van der Waals surface area contributed by atoms with E-state index in [0.717, 1.165) is 15.5 Å². The fourth-order valence-corrected chi connectivity index (χ4v) is 3.40. The van der Waals surface area contributed by atoms with Crippen molar-refractivity contribution >= 4 is 29.0 Å². The van der Waals surface area contributed by atoms with Crippen molar-refractivity contribution < 1.29 is 23.3 Å². The highest BCUT2D eigenvalue weighted by atomic mass is 32.1. The molecule has 3 amide bonds. The molecule has 3 aromatic rings. The number of carbonyl (C=O) groups excluding carboxylic acids is 2. The second-order valence-corrected chi connectivity index (χ2v) is 6.95. The first kappa shape index (κ1) is 18.8. The van der Waals surface area contributed by atoms with Gasteiger partial charge in [0, 0.05) is 0 Å². The molecule has 27 heavy (non-hydrogen) atoms. The van der Waals surface area contributed by atoms with Crippen molar-refractivity contribution in [2.45, 2.75) is 13.1 Å². The van der Waals surface area contributed by atoms with Crippen LogP contribution in [0.15, 0.2) is 64.6 Å². The van der Waals surface area contributed by atoms with Crippen molar-refractivity contribution in [3.05, 3.63) is 76.6 Å². The summed E-state index contributed by atoms with van der Waals surface area (Å²) in [6, 6.07) is 12.6. The number of hydrogen-bond donors (Lipinski definition) is 3. The number of furan rings is 1. The maximum atomic E-state index is 13.6. The highest BCUT2D eigenvalue weighted by Crippen LogP contribution is 2.11. The lowest BCUT2D eigenvalue weighted by atomic mass is 10.3. The van der Waals surface area contributed by atoms with Crippen LogP contribution >= 0.6 is 11.3 Å². The summed E-state index contributed by atoms with van der Waals surface area (Å²) in [4.78, 5) is 26.3. The van der Waals surface area contributed by atoms with Gasteiger partial charge in [-0.2, -0.15) is 0 Å². The lowest BCUT2D eigenvalue weighted by Gasteiger charge is -2.17. The number of quaternary nitrogens is 1. The van der Waals surface area contributed by atoms with Gasteiger partial charge in [-0.3, -0.25) is 10.1 Å². The average molecular weight is 388 g/mol. The van der Waals surface area contributed by atoms with E-state index in [9.17, 15) is 14.0 Å². The van der Waals surface area contributed by atoms with Gasteiger partial charge in [0.2, 0.25) is 0 Å². The molecule has 0 radical (unpaired) electrons. The van der Waals surface area contributed by atoms with E-state index in [4.69, 9.17) is 4.42 Å². The van der Waals surface area contributed by atoms with Crippen molar-refractivity contribution in [1.82, 2.24) is 5.32 Å². The summed E-state index contributed by atoms with van der Waals surface area (Å²) in [5, 5.41) is 6.55. The second-order valence-electron chi connectivity index (χ2n) is 5.92. The zero-order valence-electron chi connectivity index (χ0n) is 14.4. The molecule has 140 valence electrons. The van der Waals surface area contributed by atoms with Crippen LogP contribution in [-0.2, 0) is 17.9 Å². The standard InChI is InChI=1S/C19H18FN3O3S/c20-16-7-1-2-8-17(16)21-19(25)22-18(24)13-23(11-14-5-3-9-26-14)12-15-6-4-10-27-15/h1-10H,11-13H2,(H2,21,22,24,25)/p+1. The minimum atomic E-state index is -0.765. The highest BCUT2D eigenvalue weighted by molar-refractivity contribution is 7.09. The third kappa shape index (κ3) is 5.77. The molecular weight excluding hydrogens is 369 g/mol. The molecule has 0 saturated carbocycles. The summed E-state index contributed by atoms with van der Waals surface area (Å²) in [6.45, 7) is 1.21. The second kappa shape index (κ2) is 9.11. The van der Waals surface area contributed by atoms with Gasteiger partial charge >= 0.3 is 6.03 Å². The van der Waals surface area contributed by atoms with Gasteiger partial charge < -0.3 is 14.6 Å². The van der Waals surface area contributed by atoms with Crippen molar-refractivity contribution in [2.75, 3.05) is 11.9 Å². The molecule has 1 aromatic carbocycles. The topological polar surface area (TPSA) is 75.8 Å². The smallest absolute Gasteiger partial charge is 0.326 e. The summed E-state index contributed by atoms with van der Waals surface area (Å²) < 4.78 is 18.9. The van der Waals surface area contributed by atoms with E-state index in [1.54, 1.807) is 29.7 Å². The largest absolute Gasteiger partial charge is 0.463 e. The third-order valence-electron chi connectivity index (χ3n) is 3.79. The van der Waals surface area contributed by atoms with Gasteiger partial charge in [0.05, 0.1) is 16.8 Å². The zero-order valence-corrected chi connectivity index (χ0v) is 15.2. The van der Waals surface area contributed by atoms with Crippen LogP contribution in [0, 0.1) is 5.82 Å². The lowest BCUT2D eigenvalue weighted by molar-refractivity contribution is -0.920. The Morgan fingerprint density at radius 1 is 1.07 bits per heavy atom. The number of carbonyl (C=O) groups is 2. The van der Waals surface area contributed by atoms with Gasteiger partial charge in [-0.15, -0.1) is 11.3 Å². The predicted molar refractivity (Wildman–Crippen MR) is 99.8 cm³/mol. The lowest BCUT2D eigenvalue weighted by Crippen LogP contribution is -3.10. The van der Waals surface area contributed by atoms with E-state index >= 15 is 0 Å². The Balaban J connectivity index is 1.58. The molecule has 0 aliphatic heterocycles. The molecule has 2 heterocycles. The molecule has 1 unspecified atom stereocenters. The minimum Gasteiger partial charge on any atom is -0.463 e. The van der Waals surface area contributed by atoms with E-state index < -0.39 is 17.8 Å². The molecule has 0 spiro atoms. The number of imide groups is 1. The normalized spacial score (nSPS) is 11.7. The fourth-order valence-electron chi connectivity index (χ4n) is 2.62. The van der Waals surface area contributed by atoms with Crippen LogP contribution in [0.25, 0.3) is 0 Å². The first-order valence-electron chi connectivity index (χ1n) is 8.34. The molecule has 0 aliphatic rings. The Morgan fingerprint density at radius 2 is 1.93 bits per heavy atom. The molecule has 8 heteroatoms. The van der Waals surface area contributed by atoms with Crippen molar-refractivity contribution in [1.29, 1.82) is 0 Å². The van der Waals surface area contributed by atoms with Crippen LogP contribution in [0.5, 0.6) is 0 Å². The van der Waals surface area contributed by atoms with E-state index in [2.05, 4.69) is 10.6 Å². The molecule has 1 atom stereocenters. The summed E-state index contributed by atoms with van der Waals surface area (Å²) in [5.74, 6) is -0.269. The first-order valence-corrected chi connectivity index (χ1v) is 9.22. The number of amides is 3. The number of thiophene rings is 1. The van der Waals surface area contributed by atoms with Crippen molar-refractivity contribution in [3.63, 3.8) is 0 Å². The summed E-state index contributed by atoms with van der Waals surface area (Å²) in [5.41, 5.74) is 0.0150. The van der Waals surface area contributed by atoms with E-state index in [1.165, 1.54) is 18.2 Å². The number of para-hydroxylation sites is 1. The van der Waals surface area contributed by atoms with Crippen LogP contribution in [0.4, 0.5) is 14.9 Å². The maximum Gasteiger partial charge on any atom is 0.326 e. The van der Waals surface area contributed by atoms with Crippen LogP contribution in [0.2, 0.25) is 0 Å². The zero-order chi connectivity index (χ0) is 19.1. The third-order valence-corrected chi connectivity index (χ3v) is 4.67. The SMILES string of the molecule is O=C(C[NH+](Cc1ccco1)Cc1cccs1)NC(=O)Nc1ccccc1F. The molecule has 3 N–H and O–H groups in total. The summed E-state index contributed by atoms with van der Waals surface area (Å²) >= 11 is 1.60. The van der Waals surface area contributed by atoms with Gasteiger partial charge in [0.1, 0.15) is 18.9 Å². The molecule has 2 aromatic heterocycles. The molecular formula is C19H19FN3O3S+. The van der Waals surface area contributed by atoms with Gasteiger partial charge in [-0.1, -0.05) is 18.2 Å². The summed E-state index contributed by atoms with van der Waals surface area (Å²) in [6.07, 6.45) is 1.58. The monoisotopic (exact) mass is 388 g/mol. The fraction of sp³-hybridized carbons (Fsp3) is 0.158. The number of nitrogens with one attached hydrogen (secondary N) is 3. The minimum absolute atomic E-state index is 0.0150. The quantitative estimate of drug-likeness (QED) is 0.582. The number of urea groups is 1.